The first-order valence-corrected chi connectivity index (χ1v) is 31.4. The zero-order valence-electron chi connectivity index (χ0n) is 48.7. The van der Waals surface area contributed by atoms with Crippen LogP contribution in [-0.2, 0) is 47.4 Å². The molecule has 9 aliphatic rings. The van der Waals surface area contributed by atoms with E-state index in [9.17, 15) is 40.5 Å². The molecular weight excluding hydrogens is 1020 g/mol. The summed E-state index contributed by atoms with van der Waals surface area (Å²) in [6.45, 7) is 15.4. The fourth-order valence-corrected chi connectivity index (χ4v) is 16.6. The molecule has 8 N–H and O–H groups in total. The van der Waals surface area contributed by atoms with Crippen LogP contribution < -0.4 is 5.32 Å². The van der Waals surface area contributed by atoms with Crippen molar-refractivity contribution in [3.8, 4) is 0 Å². The quantitative estimate of drug-likeness (QED) is 0.0426. The van der Waals surface area contributed by atoms with Crippen LogP contribution in [0.15, 0.2) is 11.6 Å². The Morgan fingerprint density at radius 2 is 1.37 bits per heavy atom. The van der Waals surface area contributed by atoms with Crippen LogP contribution in [0, 0.1) is 46.3 Å². The summed E-state index contributed by atoms with van der Waals surface area (Å²) in [6.07, 6.45) is 3.72. The van der Waals surface area contributed by atoms with E-state index < -0.39 is 105 Å². The lowest BCUT2D eigenvalue weighted by Gasteiger charge is -2.58. The maximum atomic E-state index is 12.6. The minimum absolute atomic E-state index is 0.0328. The smallest absolute Gasteiger partial charge is 0.220 e. The van der Waals surface area contributed by atoms with Crippen molar-refractivity contribution in [3.63, 3.8) is 0 Å². The minimum atomic E-state index is -1.72. The normalized spacial score (nSPS) is 47.7. The summed E-state index contributed by atoms with van der Waals surface area (Å²) >= 11 is 0. The maximum absolute atomic E-state index is 12.6. The fourth-order valence-electron chi connectivity index (χ4n) is 16.6. The molecule has 1 spiro atoms. The summed E-state index contributed by atoms with van der Waals surface area (Å²) in [5.74, 6) is 2.50. The molecular formula is C61H103NO17. The van der Waals surface area contributed by atoms with Crippen molar-refractivity contribution in [1.29, 1.82) is 0 Å². The van der Waals surface area contributed by atoms with E-state index in [4.69, 9.17) is 42.6 Å². The molecule has 8 fully saturated rings. The number of carbonyl (C=O) groups excluding carboxylic acids is 1. The minimum Gasteiger partial charge on any atom is -0.394 e. The van der Waals surface area contributed by atoms with Crippen molar-refractivity contribution in [2.24, 2.45) is 46.3 Å². The van der Waals surface area contributed by atoms with Gasteiger partial charge in [0.15, 0.2) is 24.7 Å². The lowest BCUT2D eigenvalue weighted by molar-refractivity contribution is -0.389. The van der Waals surface area contributed by atoms with Crippen molar-refractivity contribution >= 4 is 5.91 Å². The van der Waals surface area contributed by atoms with E-state index in [1.165, 1.54) is 63.9 Å². The third-order valence-corrected chi connectivity index (χ3v) is 21.4. The first-order valence-electron chi connectivity index (χ1n) is 31.4. The predicted molar refractivity (Wildman–Crippen MR) is 291 cm³/mol. The van der Waals surface area contributed by atoms with Gasteiger partial charge in [0.05, 0.1) is 44.2 Å². The third kappa shape index (κ3) is 13.1. The van der Waals surface area contributed by atoms with E-state index in [0.717, 1.165) is 70.8 Å². The van der Waals surface area contributed by atoms with Crippen LogP contribution >= 0.6 is 0 Å². The van der Waals surface area contributed by atoms with Crippen LogP contribution in [0.3, 0.4) is 0 Å². The molecule has 79 heavy (non-hydrogen) atoms. The summed E-state index contributed by atoms with van der Waals surface area (Å²) in [6, 6.07) is 0. The second kappa shape index (κ2) is 26.9. The highest BCUT2D eigenvalue weighted by Gasteiger charge is 2.69. The van der Waals surface area contributed by atoms with Gasteiger partial charge < -0.3 is 83.7 Å². The van der Waals surface area contributed by atoms with E-state index in [0.29, 0.717) is 54.8 Å². The first-order chi connectivity index (χ1) is 37.8. The van der Waals surface area contributed by atoms with Crippen molar-refractivity contribution in [2.45, 2.75) is 293 Å². The number of rotatable bonds is 23. The van der Waals surface area contributed by atoms with Gasteiger partial charge in [-0.1, -0.05) is 110 Å². The zero-order chi connectivity index (χ0) is 56.4. The highest BCUT2D eigenvalue weighted by molar-refractivity contribution is 5.75. The van der Waals surface area contributed by atoms with Crippen LogP contribution in [0.1, 0.15) is 183 Å². The standard InChI is InChI=1S/C61H103NO17/c1-8-9-10-11-12-13-14-15-16-17-18-19-45(64)62-28-29-71-53-37(5)74-57(51(69)49(53)67)77-54-44(32-63)76-58(55(52(54)70)78-56-50(68)48(66)47(65)36(4)73-56)75-39-23-25-59(6)38(30-39)20-21-40-41(59)24-26-60(7)42(40)31-43-46(60)35(3)61(79-43)27-22-34(2)33-72-61/h20,34-37,39-44,46-58,63,65-70H,8-19,21-33H2,1-7H3,(H,62,64)/t34-,35-,36+,37+,39-,40+,41-,42?,43-,44+,46-,47+,48-,49+,50-,51-,52-,53+,54+,55+,56+,57+,58+,59-,60-,61+/m0/s1. The molecule has 9 rings (SSSR count). The first kappa shape index (κ1) is 62.1. The third-order valence-electron chi connectivity index (χ3n) is 21.4. The number of aliphatic hydroxyl groups excluding tert-OH is 7. The van der Waals surface area contributed by atoms with Crippen LogP contribution in [0.4, 0.5) is 0 Å². The van der Waals surface area contributed by atoms with Gasteiger partial charge in [0.1, 0.15) is 61.0 Å². The summed E-state index contributed by atoms with van der Waals surface area (Å²) in [5.41, 5.74) is 1.50. The molecule has 0 aromatic heterocycles. The highest BCUT2D eigenvalue weighted by atomic mass is 16.8. The van der Waals surface area contributed by atoms with E-state index in [1.807, 2.05) is 0 Å². The van der Waals surface area contributed by atoms with Crippen molar-refractivity contribution in [3.05, 3.63) is 11.6 Å². The molecule has 0 aromatic carbocycles. The van der Waals surface area contributed by atoms with E-state index in [2.05, 4.69) is 46.0 Å². The van der Waals surface area contributed by atoms with Gasteiger partial charge in [-0.2, -0.15) is 0 Å². The SMILES string of the molecule is CCCCCCCCCCCCCC(=O)NCCO[C@H]1[C@H](O)[C@H](O)[C@@H](O[C@H]2[C@H](O)[C@@H](O[C@H]3O[C@H](C)[C@@H](O)[C@H](O)[C@@H]3O)[C@H](O[C@H]3CC[C@@]4(C)C(=CC[C@H]5C6C[C@@H]7O[C@]8(CC[C@H](C)CO8)[C@@H](C)[C@@H]7[C@@]6(C)CC[C@@H]54)C3)O[C@@H]2CO)O[C@@H]1C. The number of hydrogen-bond donors (Lipinski definition) is 8. The van der Waals surface area contributed by atoms with Gasteiger partial charge >= 0.3 is 0 Å². The van der Waals surface area contributed by atoms with Crippen molar-refractivity contribution < 1.29 is 83.2 Å². The lowest BCUT2D eigenvalue weighted by Crippen LogP contribution is -2.66. The molecule has 454 valence electrons. The van der Waals surface area contributed by atoms with Crippen molar-refractivity contribution in [2.75, 3.05) is 26.4 Å². The number of amides is 1. The molecule has 5 heterocycles. The Kier molecular flexibility index (Phi) is 21.1. The summed E-state index contributed by atoms with van der Waals surface area (Å²) in [5, 5.41) is 81.2. The lowest BCUT2D eigenvalue weighted by atomic mass is 9.47. The number of carbonyl (C=O) groups is 1. The van der Waals surface area contributed by atoms with Gasteiger partial charge in [0.2, 0.25) is 5.91 Å². The van der Waals surface area contributed by atoms with Gasteiger partial charge in [-0.05, 0) is 112 Å². The highest BCUT2D eigenvalue weighted by Crippen LogP contribution is 2.71. The molecule has 5 aliphatic heterocycles. The fraction of sp³-hybridized carbons (Fsp3) is 0.951. The molecule has 18 nitrogen and oxygen atoms in total. The molecule has 0 aromatic rings. The molecule has 1 amide bonds. The van der Waals surface area contributed by atoms with Gasteiger partial charge in [0.25, 0.3) is 0 Å². The Morgan fingerprint density at radius 3 is 2.05 bits per heavy atom. The summed E-state index contributed by atoms with van der Waals surface area (Å²) < 4.78 is 57.3. The Bertz CT molecular complexity index is 1970. The van der Waals surface area contributed by atoms with Crippen molar-refractivity contribution in [1.82, 2.24) is 5.32 Å². The Labute approximate surface area is 470 Å². The summed E-state index contributed by atoms with van der Waals surface area (Å²) in [4.78, 5) is 12.6. The predicted octanol–water partition coefficient (Wildman–Crippen LogP) is 6.08. The molecule has 1 unspecified atom stereocenters. The van der Waals surface area contributed by atoms with Gasteiger partial charge in [-0.15, -0.1) is 0 Å². The number of aliphatic hydroxyl groups is 7. The second-order valence-corrected chi connectivity index (χ2v) is 26.5. The number of hydrogen-bond acceptors (Lipinski definition) is 17. The molecule has 0 radical (unpaired) electrons. The van der Waals surface area contributed by atoms with E-state index in [1.54, 1.807) is 6.92 Å². The van der Waals surface area contributed by atoms with Gasteiger partial charge in [-0.3, -0.25) is 4.79 Å². The number of allylic oxidation sites excluding steroid dienone is 1. The zero-order valence-corrected chi connectivity index (χ0v) is 48.7. The molecule has 5 saturated heterocycles. The monoisotopic (exact) mass is 1120 g/mol. The van der Waals surface area contributed by atoms with E-state index in [-0.39, 0.29) is 42.1 Å². The molecule has 4 aliphatic carbocycles. The Morgan fingerprint density at radius 1 is 0.696 bits per heavy atom. The average molecular weight is 1120 g/mol. The van der Waals surface area contributed by atoms with E-state index >= 15 is 0 Å². The topological polar surface area (TPSA) is 254 Å². The number of nitrogens with one attached hydrogen (secondary N) is 1. The molecule has 26 atom stereocenters. The van der Waals surface area contributed by atoms with Crippen LogP contribution in [0.5, 0.6) is 0 Å². The maximum Gasteiger partial charge on any atom is 0.220 e. The second-order valence-electron chi connectivity index (χ2n) is 26.5. The largest absolute Gasteiger partial charge is 0.394 e. The van der Waals surface area contributed by atoms with Crippen LogP contribution in [0.2, 0.25) is 0 Å². The molecule has 0 bridgehead atoms. The van der Waals surface area contributed by atoms with Crippen LogP contribution in [-0.4, -0.2) is 178 Å². The Balaban J connectivity index is 0.796. The van der Waals surface area contributed by atoms with Crippen LogP contribution in [0.25, 0.3) is 0 Å². The Hall–Kier alpha value is -1.43. The number of fused-ring (bicyclic) bond motifs is 7. The van der Waals surface area contributed by atoms with Gasteiger partial charge in [-0.25, -0.2) is 0 Å². The summed E-state index contributed by atoms with van der Waals surface area (Å²) in [7, 11) is 0. The number of ether oxygens (including phenoxy) is 9. The number of unbranched alkanes of at least 4 members (excludes halogenated alkanes) is 10. The average Bonchev–Trinajstić information content (AvgIpc) is 3.21. The molecule has 3 saturated carbocycles. The van der Waals surface area contributed by atoms with Gasteiger partial charge in [0, 0.05) is 25.3 Å². The molecule has 18 heteroatoms.